The number of aliphatic hydroxyl groups excluding tert-OH is 1. The number of benzene rings is 1. The van der Waals surface area contributed by atoms with Crippen molar-refractivity contribution in [1.29, 1.82) is 0 Å². The molecule has 37 heavy (non-hydrogen) atoms. The van der Waals surface area contributed by atoms with E-state index in [0.717, 1.165) is 49.2 Å². The number of carbonyl (C=O) groups excluding carboxylic acids is 1. The van der Waals surface area contributed by atoms with Gasteiger partial charge in [-0.25, -0.2) is 9.97 Å². The zero-order chi connectivity index (χ0) is 24.9. The van der Waals surface area contributed by atoms with E-state index in [2.05, 4.69) is 10.3 Å². The molecule has 2 aliphatic carbocycles. The highest BCUT2D eigenvalue weighted by atomic mass is 16.7. The van der Waals surface area contributed by atoms with Crippen LogP contribution in [0.2, 0.25) is 0 Å². The van der Waals surface area contributed by atoms with Gasteiger partial charge in [0.2, 0.25) is 18.6 Å². The van der Waals surface area contributed by atoms with Crippen molar-refractivity contribution in [2.75, 3.05) is 25.2 Å². The Bertz CT molecular complexity index is 1400. The van der Waals surface area contributed by atoms with Gasteiger partial charge >= 0.3 is 0 Å². The Morgan fingerprint density at radius 1 is 1.11 bits per heavy atom. The summed E-state index contributed by atoms with van der Waals surface area (Å²) in [6.45, 7) is 1.70. The van der Waals surface area contributed by atoms with E-state index in [0.29, 0.717) is 42.1 Å². The van der Waals surface area contributed by atoms with Gasteiger partial charge in [-0.05, 0) is 56.0 Å². The number of ether oxygens (including phenoxy) is 2. The molecule has 0 bridgehead atoms. The zero-order valence-electron chi connectivity index (χ0n) is 20.3. The van der Waals surface area contributed by atoms with Crippen LogP contribution in [0.1, 0.15) is 37.1 Å². The average molecular weight is 501 g/mol. The largest absolute Gasteiger partial charge is 0.454 e. The zero-order valence-corrected chi connectivity index (χ0v) is 20.3. The third-order valence-electron chi connectivity index (χ3n) is 7.36. The summed E-state index contributed by atoms with van der Waals surface area (Å²) in [6, 6.07) is 7.70. The van der Waals surface area contributed by atoms with Crippen molar-refractivity contribution >= 4 is 17.9 Å². The smallest absolute Gasteiger partial charge is 0.231 e. The van der Waals surface area contributed by atoms with E-state index >= 15 is 0 Å². The summed E-state index contributed by atoms with van der Waals surface area (Å²) < 4.78 is 13.1. The molecule has 4 aliphatic rings. The van der Waals surface area contributed by atoms with Gasteiger partial charge in [-0.1, -0.05) is 6.08 Å². The normalized spacial score (nSPS) is 22.1. The Kier molecular flexibility index (Phi) is 5.35. The van der Waals surface area contributed by atoms with Crippen LogP contribution >= 0.6 is 0 Å². The molecule has 10 nitrogen and oxygen atoms in total. The number of nitrogens with zero attached hydrogens (tertiary/aromatic N) is 5. The van der Waals surface area contributed by atoms with Crippen LogP contribution in [-0.2, 0) is 11.2 Å². The van der Waals surface area contributed by atoms with Crippen LogP contribution in [0.4, 0.5) is 5.95 Å². The van der Waals surface area contributed by atoms with E-state index in [4.69, 9.17) is 19.4 Å². The fraction of sp³-hybridized carbons (Fsp3) is 0.407. The maximum atomic E-state index is 12.6. The van der Waals surface area contributed by atoms with E-state index in [1.807, 2.05) is 39.8 Å². The maximum Gasteiger partial charge on any atom is 0.231 e. The van der Waals surface area contributed by atoms with Crippen molar-refractivity contribution in [1.82, 2.24) is 24.4 Å². The van der Waals surface area contributed by atoms with Crippen LogP contribution in [0.3, 0.4) is 0 Å². The molecule has 4 heterocycles. The molecule has 2 aliphatic heterocycles. The molecule has 190 valence electrons. The van der Waals surface area contributed by atoms with Gasteiger partial charge in [0.05, 0.1) is 17.5 Å². The number of aromatic nitrogens is 4. The maximum absolute atomic E-state index is 12.6. The average Bonchev–Trinajstić information content (AvgIpc) is 3.54. The molecule has 10 heteroatoms. The third kappa shape index (κ3) is 4.21. The van der Waals surface area contributed by atoms with Crippen LogP contribution in [0.25, 0.3) is 23.3 Å². The second kappa shape index (κ2) is 8.88. The second-order valence-electron chi connectivity index (χ2n) is 10.1. The van der Waals surface area contributed by atoms with Crippen LogP contribution in [-0.4, -0.2) is 67.5 Å². The summed E-state index contributed by atoms with van der Waals surface area (Å²) in [5, 5.41) is 13.7. The minimum Gasteiger partial charge on any atom is -0.454 e. The Balaban J connectivity index is 1.22. The molecule has 2 atom stereocenters. The van der Waals surface area contributed by atoms with Crippen LogP contribution < -0.4 is 14.8 Å². The quantitative estimate of drug-likeness (QED) is 0.550. The van der Waals surface area contributed by atoms with Crippen molar-refractivity contribution in [3.63, 3.8) is 0 Å². The Hall–Kier alpha value is -3.92. The monoisotopic (exact) mass is 500 g/mol. The SMILES string of the molecule is O=C(C1CC1)N1CCCC(Nc2nccc(-n3c(-c4ccc5c(c4)OCO5)nc4c3C=CC(O)C4)n2)C1. The molecule has 1 aromatic carbocycles. The first-order valence-corrected chi connectivity index (χ1v) is 12.9. The van der Waals surface area contributed by atoms with Gasteiger partial charge in [0, 0.05) is 43.2 Å². The number of aliphatic hydroxyl groups is 1. The Morgan fingerprint density at radius 3 is 2.89 bits per heavy atom. The number of likely N-dealkylation sites (tertiary alicyclic amines) is 1. The van der Waals surface area contributed by atoms with Crippen LogP contribution in [0.15, 0.2) is 36.5 Å². The van der Waals surface area contributed by atoms with E-state index in [1.54, 1.807) is 12.3 Å². The van der Waals surface area contributed by atoms with Crippen molar-refractivity contribution in [3.05, 3.63) is 47.9 Å². The van der Waals surface area contributed by atoms with E-state index in [-0.39, 0.29) is 24.7 Å². The van der Waals surface area contributed by atoms with E-state index in [1.165, 1.54) is 0 Å². The predicted molar refractivity (Wildman–Crippen MR) is 135 cm³/mol. The lowest BCUT2D eigenvalue weighted by Gasteiger charge is -2.33. The molecule has 1 saturated carbocycles. The topological polar surface area (TPSA) is 115 Å². The Labute approximate surface area is 214 Å². The van der Waals surface area contributed by atoms with Gasteiger partial charge < -0.3 is 24.8 Å². The molecule has 2 fully saturated rings. The number of imidazole rings is 1. The number of anilines is 1. The number of rotatable bonds is 5. The number of amides is 1. The number of carbonyl (C=O) groups is 1. The number of hydrogen-bond acceptors (Lipinski definition) is 8. The first-order chi connectivity index (χ1) is 18.1. The molecule has 3 aromatic rings. The summed E-state index contributed by atoms with van der Waals surface area (Å²) in [5.74, 6) is 3.78. The first kappa shape index (κ1) is 22.3. The van der Waals surface area contributed by atoms with Gasteiger partial charge in [-0.15, -0.1) is 0 Å². The fourth-order valence-corrected chi connectivity index (χ4v) is 5.34. The highest BCUT2D eigenvalue weighted by Gasteiger charge is 2.35. The number of hydrogen-bond donors (Lipinski definition) is 2. The molecule has 2 aromatic heterocycles. The molecule has 1 amide bonds. The lowest BCUT2D eigenvalue weighted by molar-refractivity contribution is -0.133. The molecule has 2 N–H and O–H groups in total. The highest BCUT2D eigenvalue weighted by molar-refractivity contribution is 5.81. The molecule has 2 unspecified atom stereocenters. The minimum absolute atomic E-state index is 0.103. The van der Waals surface area contributed by atoms with Gasteiger partial charge in [-0.3, -0.25) is 9.36 Å². The summed E-state index contributed by atoms with van der Waals surface area (Å²) in [4.78, 5) is 28.8. The summed E-state index contributed by atoms with van der Waals surface area (Å²) >= 11 is 0. The number of nitrogens with one attached hydrogen (secondary N) is 1. The standard InChI is InChI=1S/C27H28N6O4/c34-19-6-7-21-20(13-19)30-25(17-5-8-22-23(12-17)37-15-36-22)33(21)24-9-10-28-27(31-24)29-18-2-1-11-32(14-18)26(35)16-3-4-16/h5-10,12,16,18-19,34H,1-4,11,13-15H2,(H,28,29,31). The van der Waals surface area contributed by atoms with Crippen molar-refractivity contribution in [3.8, 4) is 28.7 Å². The van der Waals surface area contributed by atoms with Gasteiger partial charge in [-0.2, -0.15) is 4.98 Å². The number of fused-ring (bicyclic) bond motifs is 2. The first-order valence-electron chi connectivity index (χ1n) is 12.9. The van der Waals surface area contributed by atoms with E-state index < -0.39 is 6.10 Å². The molecule has 0 spiro atoms. The summed E-state index contributed by atoms with van der Waals surface area (Å²) in [5.41, 5.74) is 2.54. The molecule has 1 saturated heterocycles. The molecule has 0 radical (unpaired) electrons. The van der Waals surface area contributed by atoms with Gasteiger partial charge in [0.1, 0.15) is 11.6 Å². The van der Waals surface area contributed by atoms with Gasteiger partial charge in [0.15, 0.2) is 11.5 Å². The lowest BCUT2D eigenvalue weighted by Crippen LogP contribution is -2.45. The lowest BCUT2D eigenvalue weighted by atomic mass is 10.1. The highest BCUT2D eigenvalue weighted by Crippen LogP contribution is 2.38. The van der Waals surface area contributed by atoms with Crippen molar-refractivity contribution in [2.45, 2.75) is 44.2 Å². The molecular weight excluding hydrogens is 472 g/mol. The fourth-order valence-electron chi connectivity index (χ4n) is 5.34. The Morgan fingerprint density at radius 2 is 2.00 bits per heavy atom. The van der Waals surface area contributed by atoms with Gasteiger partial charge in [0.25, 0.3) is 0 Å². The van der Waals surface area contributed by atoms with Crippen molar-refractivity contribution < 1.29 is 19.4 Å². The third-order valence-corrected chi connectivity index (χ3v) is 7.36. The van der Waals surface area contributed by atoms with E-state index in [9.17, 15) is 9.90 Å². The second-order valence-corrected chi connectivity index (χ2v) is 10.1. The van der Waals surface area contributed by atoms with Crippen molar-refractivity contribution in [2.24, 2.45) is 5.92 Å². The summed E-state index contributed by atoms with van der Waals surface area (Å²) in [6.07, 6.45) is 9.23. The molecular formula is C27H28N6O4. The predicted octanol–water partition coefficient (Wildman–Crippen LogP) is 2.80. The minimum atomic E-state index is -0.573. The van der Waals surface area contributed by atoms with Crippen LogP contribution in [0.5, 0.6) is 11.5 Å². The molecule has 7 rings (SSSR count). The summed E-state index contributed by atoms with van der Waals surface area (Å²) in [7, 11) is 0. The van der Waals surface area contributed by atoms with Crippen LogP contribution in [0, 0.1) is 5.92 Å². The number of piperidine rings is 1.